The second-order valence-electron chi connectivity index (χ2n) is 10.2. The van der Waals surface area contributed by atoms with Gasteiger partial charge in [-0.05, 0) is 88.4 Å². The number of carbonyl (C=O) groups excluding carboxylic acids is 1. The molecule has 3 unspecified atom stereocenters. The molecular weight excluding hydrogens is 346 g/mol. The summed E-state index contributed by atoms with van der Waals surface area (Å²) in [5.74, 6) is 1.16. The van der Waals surface area contributed by atoms with Crippen molar-refractivity contribution >= 4 is 11.7 Å². The van der Waals surface area contributed by atoms with Crippen LogP contribution in [0.15, 0.2) is 28.5 Å². The zero-order chi connectivity index (χ0) is 20.9. The van der Waals surface area contributed by atoms with E-state index in [-0.39, 0.29) is 5.97 Å². The molecule has 3 nitrogen and oxygen atoms in total. The van der Waals surface area contributed by atoms with Gasteiger partial charge in [-0.2, -0.15) is 0 Å². The number of nitrogens with zero attached hydrogens (tertiary/aromatic N) is 1. The van der Waals surface area contributed by atoms with Crippen LogP contribution >= 0.6 is 0 Å². The Morgan fingerprint density at radius 1 is 1.21 bits per heavy atom. The maximum absolute atomic E-state index is 10.8. The predicted octanol–water partition coefficient (Wildman–Crippen LogP) is 7.23. The Hall–Kier alpha value is -1.38. The normalized spacial score (nSPS) is 30.5. The molecule has 1 fully saturated rings. The van der Waals surface area contributed by atoms with Crippen LogP contribution in [0.25, 0.3) is 0 Å². The van der Waals surface area contributed by atoms with Crippen LogP contribution in [0.3, 0.4) is 0 Å². The van der Waals surface area contributed by atoms with E-state index in [1.807, 2.05) is 6.92 Å². The maximum atomic E-state index is 10.8. The van der Waals surface area contributed by atoms with Crippen LogP contribution in [0.1, 0.15) is 99.8 Å². The highest BCUT2D eigenvalue weighted by atomic mass is 16.7. The van der Waals surface area contributed by atoms with Gasteiger partial charge in [-0.25, -0.2) is 4.79 Å². The molecule has 28 heavy (non-hydrogen) atoms. The lowest BCUT2D eigenvalue weighted by atomic mass is 9.48. The monoisotopic (exact) mass is 387 g/mol. The molecule has 2 rings (SSSR count). The molecule has 2 aliphatic rings. The molecule has 0 aromatic rings. The summed E-state index contributed by atoms with van der Waals surface area (Å²) in [6, 6.07) is 0. The Morgan fingerprint density at radius 2 is 1.93 bits per heavy atom. The summed E-state index contributed by atoms with van der Waals surface area (Å²) in [6.45, 7) is 15.5. The van der Waals surface area contributed by atoms with E-state index in [9.17, 15) is 4.79 Å². The lowest BCUT2D eigenvalue weighted by Crippen LogP contribution is -2.48. The number of carbonyl (C=O) groups is 1. The highest BCUT2D eigenvalue weighted by Crippen LogP contribution is 2.60. The van der Waals surface area contributed by atoms with Crippen molar-refractivity contribution < 1.29 is 9.63 Å². The summed E-state index contributed by atoms with van der Waals surface area (Å²) in [6.07, 6.45) is 14.5. The first kappa shape index (κ1) is 22.9. The summed E-state index contributed by atoms with van der Waals surface area (Å²) in [4.78, 5) is 15.5. The van der Waals surface area contributed by atoms with E-state index < -0.39 is 0 Å². The number of hydrogen-bond donors (Lipinski definition) is 0. The van der Waals surface area contributed by atoms with Crippen LogP contribution < -0.4 is 0 Å². The second-order valence-corrected chi connectivity index (χ2v) is 10.2. The van der Waals surface area contributed by atoms with Gasteiger partial charge in [-0.15, -0.1) is 0 Å². The number of fused-ring (bicyclic) bond motifs is 1. The Balaban J connectivity index is 1.95. The first-order chi connectivity index (χ1) is 13.1. The number of rotatable bonds is 7. The highest BCUT2D eigenvalue weighted by molar-refractivity contribution is 5.82. The molecule has 0 aliphatic heterocycles. The first-order valence-electron chi connectivity index (χ1n) is 11.1. The quantitative estimate of drug-likeness (QED) is 0.200. The van der Waals surface area contributed by atoms with E-state index in [1.165, 1.54) is 51.0 Å². The fraction of sp³-hybridized carbons (Fsp3) is 0.760. The molecule has 0 radical (unpaired) electrons. The van der Waals surface area contributed by atoms with Crippen LogP contribution in [0.5, 0.6) is 0 Å². The number of allylic oxidation sites excluding steroid dienone is 4. The van der Waals surface area contributed by atoms with Gasteiger partial charge >= 0.3 is 5.97 Å². The van der Waals surface area contributed by atoms with Gasteiger partial charge in [0.25, 0.3) is 0 Å². The summed E-state index contributed by atoms with van der Waals surface area (Å²) in [7, 11) is 0. The zero-order valence-corrected chi connectivity index (χ0v) is 19.2. The third-order valence-corrected chi connectivity index (χ3v) is 7.45. The van der Waals surface area contributed by atoms with Crippen molar-refractivity contribution in [2.75, 3.05) is 0 Å². The molecule has 0 spiro atoms. The summed E-state index contributed by atoms with van der Waals surface area (Å²) in [5, 5.41) is 3.85. The Labute approximate surface area is 172 Å². The first-order valence-corrected chi connectivity index (χ1v) is 11.1. The Kier molecular flexibility index (Phi) is 7.70. The lowest BCUT2D eigenvalue weighted by Gasteiger charge is -2.57. The van der Waals surface area contributed by atoms with Crippen LogP contribution in [-0.4, -0.2) is 11.7 Å². The van der Waals surface area contributed by atoms with Gasteiger partial charge in [-0.1, -0.05) is 55.6 Å². The molecule has 0 bridgehead atoms. The van der Waals surface area contributed by atoms with Gasteiger partial charge in [0.05, 0.1) is 5.71 Å². The van der Waals surface area contributed by atoms with Crippen LogP contribution in [0.4, 0.5) is 0 Å². The SMILES string of the molecule is CC(=O)O/N=C(\C)CC/C=C(/C)CCC1C(C)=CCC2C(C)(C)CCCC12C. The third kappa shape index (κ3) is 5.58. The molecule has 0 aromatic heterocycles. The van der Waals surface area contributed by atoms with Gasteiger partial charge in [-0.3, -0.25) is 0 Å². The minimum atomic E-state index is -0.361. The van der Waals surface area contributed by atoms with E-state index in [1.54, 1.807) is 5.57 Å². The van der Waals surface area contributed by atoms with Gasteiger partial charge in [0.2, 0.25) is 0 Å². The summed E-state index contributed by atoms with van der Waals surface area (Å²) < 4.78 is 0. The molecule has 0 N–H and O–H groups in total. The van der Waals surface area contributed by atoms with E-state index in [0.29, 0.717) is 16.7 Å². The largest absolute Gasteiger partial charge is 0.331 e. The molecular formula is C25H41NO2. The van der Waals surface area contributed by atoms with Crippen molar-refractivity contribution in [2.24, 2.45) is 27.8 Å². The molecule has 158 valence electrons. The van der Waals surface area contributed by atoms with E-state index >= 15 is 0 Å². The molecule has 3 atom stereocenters. The average Bonchev–Trinajstić information content (AvgIpc) is 2.58. The van der Waals surface area contributed by atoms with E-state index in [2.05, 4.69) is 51.9 Å². The van der Waals surface area contributed by atoms with Gasteiger partial charge in [0.15, 0.2) is 0 Å². The number of oxime groups is 1. The highest BCUT2D eigenvalue weighted by Gasteiger charge is 2.51. The van der Waals surface area contributed by atoms with Gasteiger partial charge in [0, 0.05) is 6.92 Å². The maximum Gasteiger partial charge on any atom is 0.331 e. The van der Waals surface area contributed by atoms with Gasteiger partial charge in [0.1, 0.15) is 0 Å². The smallest absolute Gasteiger partial charge is 0.319 e. The third-order valence-electron chi connectivity index (χ3n) is 7.45. The van der Waals surface area contributed by atoms with E-state index in [4.69, 9.17) is 4.84 Å². The minimum Gasteiger partial charge on any atom is -0.319 e. The fourth-order valence-electron chi connectivity index (χ4n) is 5.88. The van der Waals surface area contributed by atoms with Crippen molar-refractivity contribution in [2.45, 2.75) is 99.8 Å². The van der Waals surface area contributed by atoms with E-state index in [0.717, 1.165) is 24.5 Å². The molecule has 0 heterocycles. The van der Waals surface area contributed by atoms with Crippen LogP contribution in [0, 0.1) is 22.7 Å². The Bertz CT molecular complexity index is 655. The van der Waals surface area contributed by atoms with Crippen molar-refractivity contribution in [3.8, 4) is 0 Å². The van der Waals surface area contributed by atoms with Gasteiger partial charge < -0.3 is 4.84 Å². The van der Waals surface area contributed by atoms with Crippen molar-refractivity contribution in [1.82, 2.24) is 0 Å². The van der Waals surface area contributed by atoms with Crippen LogP contribution in [0.2, 0.25) is 0 Å². The lowest BCUT2D eigenvalue weighted by molar-refractivity contribution is -0.140. The number of hydrogen-bond acceptors (Lipinski definition) is 3. The predicted molar refractivity (Wildman–Crippen MR) is 118 cm³/mol. The van der Waals surface area contributed by atoms with Crippen LogP contribution in [-0.2, 0) is 9.63 Å². The standard InChI is InChI=1S/C25H41NO2/c1-18(10-8-11-20(3)26-28-21(4)27)12-14-22-19(2)13-15-23-24(5,6)16-9-17-25(22,23)7/h10,13,22-23H,8-9,11-12,14-17H2,1-7H3/b18-10-,26-20+. The molecule has 2 aliphatic carbocycles. The summed E-state index contributed by atoms with van der Waals surface area (Å²) >= 11 is 0. The molecule has 0 aromatic carbocycles. The molecule has 0 amide bonds. The fourth-order valence-corrected chi connectivity index (χ4v) is 5.88. The van der Waals surface area contributed by atoms with Crippen molar-refractivity contribution in [3.05, 3.63) is 23.3 Å². The Morgan fingerprint density at radius 3 is 2.61 bits per heavy atom. The summed E-state index contributed by atoms with van der Waals surface area (Å²) in [5.41, 5.74) is 4.87. The molecule has 0 saturated heterocycles. The molecule has 1 saturated carbocycles. The minimum absolute atomic E-state index is 0.361. The van der Waals surface area contributed by atoms with Crippen molar-refractivity contribution in [3.63, 3.8) is 0 Å². The average molecular weight is 388 g/mol. The zero-order valence-electron chi connectivity index (χ0n) is 19.2. The second kappa shape index (κ2) is 9.41. The molecule has 3 heteroatoms. The topological polar surface area (TPSA) is 38.7 Å². The van der Waals surface area contributed by atoms with Crippen molar-refractivity contribution in [1.29, 1.82) is 0 Å².